The molecule has 1 aromatic carbocycles. The summed E-state index contributed by atoms with van der Waals surface area (Å²) in [5.41, 5.74) is 3.96. The van der Waals surface area contributed by atoms with Gasteiger partial charge in [0.25, 0.3) is 5.91 Å². The largest absolute Gasteiger partial charge is 0.355 e. The highest BCUT2D eigenvalue weighted by molar-refractivity contribution is 7.78. The number of nitrogens with zero attached hydrogens (tertiary/aromatic N) is 1. The van der Waals surface area contributed by atoms with E-state index in [0.717, 1.165) is 18.7 Å². The number of amides is 1. The predicted molar refractivity (Wildman–Crippen MR) is 106 cm³/mol. The minimum absolute atomic E-state index is 0.174. The van der Waals surface area contributed by atoms with E-state index < -0.39 is 0 Å². The molecule has 2 aromatic rings. The third-order valence-corrected chi connectivity index (χ3v) is 5.35. The lowest BCUT2D eigenvalue weighted by atomic mass is 9.96. The van der Waals surface area contributed by atoms with Gasteiger partial charge in [0.15, 0.2) is 5.82 Å². The quantitative estimate of drug-likeness (QED) is 0.729. The van der Waals surface area contributed by atoms with Gasteiger partial charge >= 0.3 is 0 Å². The summed E-state index contributed by atoms with van der Waals surface area (Å²) in [4.78, 5) is 17.2. The topological polar surface area (TPSA) is 60.2 Å². The van der Waals surface area contributed by atoms with Crippen LogP contribution >= 0.6 is 12.2 Å². The van der Waals surface area contributed by atoms with Gasteiger partial charge in [-0.1, -0.05) is 37.1 Å². The Morgan fingerprint density at radius 2 is 2.08 bits per heavy atom. The molecule has 2 aliphatic heterocycles. The molecule has 1 unspecified atom stereocenters. The van der Waals surface area contributed by atoms with Crippen LogP contribution in [0.3, 0.4) is 0 Å². The van der Waals surface area contributed by atoms with E-state index in [4.69, 9.17) is 12.2 Å². The van der Waals surface area contributed by atoms with Crippen molar-refractivity contribution in [1.82, 2.24) is 15.6 Å². The van der Waals surface area contributed by atoms with Gasteiger partial charge in [-0.2, -0.15) is 0 Å². The SMILES string of the molecule is O=C1NC(=C=S)N(Cc2ccccc2C2CCCCCN2)c2cc[nH]c21. The summed E-state index contributed by atoms with van der Waals surface area (Å²) >= 11 is 5.03. The standard InChI is InChI=1S/C20H22N4OS/c25-20-19-17(9-11-22-19)24(18(13-26)23-20)12-14-6-3-4-7-15(14)16-8-2-1-5-10-21-16/h3-4,6-7,9,11,16,21-22H,1-2,5,8,10,12H2,(H,23,25). The number of anilines is 1. The summed E-state index contributed by atoms with van der Waals surface area (Å²) in [6.45, 7) is 1.70. The fraction of sp³-hybridized carbons (Fsp3) is 0.350. The number of carbonyl (C=O) groups is 1. The van der Waals surface area contributed by atoms with Crippen molar-refractivity contribution < 1.29 is 4.79 Å². The molecule has 0 saturated carbocycles. The van der Waals surface area contributed by atoms with Gasteiger partial charge < -0.3 is 15.2 Å². The van der Waals surface area contributed by atoms with Gasteiger partial charge in [-0.25, -0.2) is 0 Å². The van der Waals surface area contributed by atoms with Crippen LogP contribution in [-0.4, -0.2) is 22.5 Å². The Labute approximate surface area is 158 Å². The van der Waals surface area contributed by atoms with Gasteiger partial charge in [0.1, 0.15) is 5.69 Å². The Morgan fingerprint density at radius 3 is 2.96 bits per heavy atom. The second-order valence-electron chi connectivity index (χ2n) is 6.78. The van der Waals surface area contributed by atoms with E-state index in [1.54, 1.807) is 6.20 Å². The first-order valence-electron chi connectivity index (χ1n) is 9.10. The average Bonchev–Trinajstić information content (AvgIpc) is 3.01. The summed E-state index contributed by atoms with van der Waals surface area (Å²) in [7, 11) is 0. The van der Waals surface area contributed by atoms with Crippen LogP contribution in [0.1, 0.15) is 53.3 Å². The van der Waals surface area contributed by atoms with Crippen LogP contribution in [0.25, 0.3) is 0 Å². The first-order valence-corrected chi connectivity index (χ1v) is 9.51. The van der Waals surface area contributed by atoms with Gasteiger partial charge in [0.05, 0.1) is 12.2 Å². The lowest BCUT2D eigenvalue weighted by Gasteiger charge is -2.31. The normalized spacial score (nSPS) is 20.2. The Kier molecular flexibility index (Phi) is 4.89. The number of hydrogen-bond donors (Lipinski definition) is 3. The molecule has 0 aliphatic carbocycles. The van der Waals surface area contributed by atoms with Crippen LogP contribution in [0.5, 0.6) is 0 Å². The molecule has 134 valence electrons. The molecule has 0 spiro atoms. The van der Waals surface area contributed by atoms with Gasteiger partial charge in [0.2, 0.25) is 0 Å². The van der Waals surface area contributed by atoms with Crippen molar-refractivity contribution in [3.63, 3.8) is 0 Å². The average molecular weight is 366 g/mol. The predicted octanol–water partition coefficient (Wildman–Crippen LogP) is 3.41. The second-order valence-corrected chi connectivity index (χ2v) is 6.99. The summed E-state index contributed by atoms with van der Waals surface area (Å²) in [6, 6.07) is 10.8. The lowest BCUT2D eigenvalue weighted by molar-refractivity contribution is 0.0957. The van der Waals surface area contributed by atoms with Crippen molar-refractivity contribution in [2.45, 2.75) is 38.3 Å². The van der Waals surface area contributed by atoms with Gasteiger partial charge in [-0.15, -0.1) is 0 Å². The van der Waals surface area contributed by atoms with Crippen molar-refractivity contribution in [3.8, 4) is 0 Å². The van der Waals surface area contributed by atoms with E-state index in [2.05, 4.69) is 44.9 Å². The highest BCUT2D eigenvalue weighted by Crippen LogP contribution is 2.31. The molecule has 1 saturated heterocycles. The maximum Gasteiger partial charge on any atom is 0.275 e. The maximum atomic E-state index is 12.2. The van der Waals surface area contributed by atoms with Crippen molar-refractivity contribution >= 4 is 28.8 Å². The Bertz CT molecular complexity index is 860. The first-order chi connectivity index (χ1) is 12.8. The molecule has 0 radical (unpaired) electrons. The van der Waals surface area contributed by atoms with Gasteiger partial charge in [0, 0.05) is 12.2 Å². The van der Waals surface area contributed by atoms with E-state index >= 15 is 0 Å². The van der Waals surface area contributed by atoms with Crippen LogP contribution in [0.4, 0.5) is 5.69 Å². The molecule has 4 rings (SSSR count). The lowest BCUT2D eigenvalue weighted by Crippen LogP contribution is -2.41. The van der Waals surface area contributed by atoms with E-state index in [1.165, 1.54) is 30.4 Å². The summed E-state index contributed by atoms with van der Waals surface area (Å²) < 4.78 is 0. The molecule has 2 aliphatic rings. The zero-order chi connectivity index (χ0) is 17.9. The fourth-order valence-electron chi connectivity index (χ4n) is 3.85. The monoisotopic (exact) mass is 366 g/mol. The Hall–Kier alpha value is -2.40. The van der Waals surface area contributed by atoms with Gasteiger partial charge in [-0.05, 0) is 53.8 Å². The number of rotatable bonds is 3. The molecular formula is C20H22N4OS. The summed E-state index contributed by atoms with van der Waals surface area (Å²) in [5, 5.41) is 9.22. The molecule has 1 fully saturated rings. The molecule has 1 atom stereocenters. The molecule has 1 aromatic heterocycles. The van der Waals surface area contributed by atoms with Crippen LogP contribution < -0.4 is 15.5 Å². The third-order valence-electron chi connectivity index (χ3n) is 5.16. The minimum atomic E-state index is -0.174. The van der Waals surface area contributed by atoms with E-state index in [9.17, 15) is 4.79 Å². The highest BCUT2D eigenvalue weighted by Gasteiger charge is 2.29. The number of hydrogen-bond acceptors (Lipinski definition) is 4. The summed E-state index contributed by atoms with van der Waals surface area (Å²) in [5.74, 6) is 0.355. The smallest absolute Gasteiger partial charge is 0.275 e. The molecule has 26 heavy (non-hydrogen) atoms. The molecular weight excluding hydrogens is 344 g/mol. The number of nitrogens with one attached hydrogen (secondary N) is 3. The number of fused-ring (bicyclic) bond motifs is 1. The molecule has 0 bridgehead atoms. The number of benzene rings is 1. The Balaban J connectivity index is 1.68. The molecule has 3 heterocycles. The zero-order valence-corrected chi connectivity index (χ0v) is 15.4. The van der Waals surface area contributed by atoms with Crippen molar-refractivity contribution in [1.29, 1.82) is 0 Å². The van der Waals surface area contributed by atoms with Crippen LogP contribution in [0, 0.1) is 0 Å². The maximum absolute atomic E-state index is 12.2. The zero-order valence-electron chi connectivity index (χ0n) is 14.5. The van der Waals surface area contributed by atoms with Crippen LogP contribution in [0.15, 0.2) is 42.3 Å². The Morgan fingerprint density at radius 1 is 1.19 bits per heavy atom. The van der Waals surface area contributed by atoms with Crippen molar-refractivity contribution in [3.05, 3.63) is 59.2 Å². The number of aromatic nitrogens is 1. The molecule has 6 heteroatoms. The molecule has 3 N–H and O–H groups in total. The second kappa shape index (κ2) is 7.46. The molecule has 1 amide bonds. The molecule has 5 nitrogen and oxygen atoms in total. The van der Waals surface area contributed by atoms with Crippen molar-refractivity contribution in [2.75, 3.05) is 11.4 Å². The minimum Gasteiger partial charge on any atom is -0.355 e. The van der Waals surface area contributed by atoms with Crippen molar-refractivity contribution in [2.24, 2.45) is 0 Å². The van der Waals surface area contributed by atoms with Gasteiger partial charge in [-0.3, -0.25) is 10.1 Å². The fourth-order valence-corrected chi connectivity index (χ4v) is 4.01. The van der Waals surface area contributed by atoms with Crippen LogP contribution in [0.2, 0.25) is 0 Å². The third kappa shape index (κ3) is 3.19. The number of H-pyrrole nitrogens is 1. The van der Waals surface area contributed by atoms with E-state index in [-0.39, 0.29) is 5.91 Å². The summed E-state index contributed by atoms with van der Waals surface area (Å²) in [6.07, 6.45) is 6.70. The number of thiocarbonyl (C=S) groups is 1. The number of carbonyl (C=O) groups excluding carboxylic acids is 1. The highest BCUT2D eigenvalue weighted by atomic mass is 32.1. The number of aromatic amines is 1. The van der Waals surface area contributed by atoms with E-state index in [0.29, 0.717) is 24.1 Å². The first kappa shape index (κ1) is 17.0. The van der Waals surface area contributed by atoms with E-state index in [1.807, 2.05) is 11.0 Å². The van der Waals surface area contributed by atoms with Crippen LogP contribution in [-0.2, 0) is 6.54 Å².